The molecule has 0 unspecified atom stereocenters. The van der Waals surface area contributed by atoms with Crippen LogP contribution in [0.3, 0.4) is 0 Å². The number of amides is 3. The Kier molecular flexibility index (Phi) is 7.56. The van der Waals surface area contributed by atoms with Crippen LogP contribution in [0.4, 0.5) is 4.79 Å². The average molecular weight is 370 g/mol. The van der Waals surface area contributed by atoms with Crippen LogP contribution in [0.1, 0.15) is 25.8 Å². The van der Waals surface area contributed by atoms with E-state index in [2.05, 4.69) is 5.32 Å². The summed E-state index contributed by atoms with van der Waals surface area (Å²) in [5, 5.41) is 4.37. The van der Waals surface area contributed by atoms with Crippen molar-refractivity contribution in [2.24, 2.45) is 0 Å². The number of urea groups is 1. The summed E-state index contributed by atoms with van der Waals surface area (Å²) in [6.45, 7) is 5.15. The topological polar surface area (TPSA) is 119 Å². The molecular formula is C16H22N2O6S. The van der Waals surface area contributed by atoms with Crippen molar-refractivity contribution in [1.82, 2.24) is 10.6 Å². The number of carbonyl (C=O) groups is 3. The Morgan fingerprint density at radius 3 is 2.32 bits per heavy atom. The van der Waals surface area contributed by atoms with Crippen molar-refractivity contribution in [3.05, 3.63) is 29.8 Å². The first-order chi connectivity index (χ1) is 11.7. The van der Waals surface area contributed by atoms with Crippen molar-refractivity contribution >= 4 is 27.7 Å². The molecule has 1 rings (SSSR count). The van der Waals surface area contributed by atoms with E-state index in [0.717, 1.165) is 5.56 Å². The molecule has 2 N–H and O–H groups in total. The maximum absolute atomic E-state index is 12.1. The Labute approximate surface area is 146 Å². The number of hydrogen-bond donors (Lipinski definition) is 2. The monoisotopic (exact) mass is 370 g/mol. The summed E-state index contributed by atoms with van der Waals surface area (Å²) < 4.78 is 29.1. The minimum Gasteiger partial charge on any atom is -0.453 e. The molecule has 0 fully saturated rings. The van der Waals surface area contributed by atoms with Gasteiger partial charge in [0.15, 0.2) is 15.9 Å². The van der Waals surface area contributed by atoms with E-state index >= 15 is 0 Å². The summed E-state index contributed by atoms with van der Waals surface area (Å²) in [5.41, 5.74) is 0.922. The zero-order valence-corrected chi connectivity index (χ0v) is 15.2. The van der Waals surface area contributed by atoms with Gasteiger partial charge in [-0.2, -0.15) is 0 Å². The lowest BCUT2D eigenvalue weighted by molar-refractivity contribution is -0.154. The van der Waals surface area contributed by atoms with E-state index in [4.69, 9.17) is 4.74 Å². The Bertz CT molecular complexity index is 727. The molecule has 0 spiro atoms. The van der Waals surface area contributed by atoms with Crippen LogP contribution < -0.4 is 10.6 Å². The highest BCUT2D eigenvalue weighted by atomic mass is 32.2. The zero-order chi connectivity index (χ0) is 19.0. The third-order valence-electron chi connectivity index (χ3n) is 3.21. The first-order valence-electron chi connectivity index (χ1n) is 7.73. The molecule has 138 valence electrons. The van der Waals surface area contributed by atoms with Gasteiger partial charge in [0.2, 0.25) is 0 Å². The zero-order valence-electron chi connectivity index (χ0n) is 14.4. The predicted molar refractivity (Wildman–Crippen MR) is 90.6 cm³/mol. The van der Waals surface area contributed by atoms with E-state index in [1.54, 1.807) is 19.1 Å². The average Bonchev–Trinajstić information content (AvgIpc) is 2.53. The molecule has 0 saturated heterocycles. The van der Waals surface area contributed by atoms with Crippen molar-refractivity contribution in [3.8, 4) is 0 Å². The van der Waals surface area contributed by atoms with Gasteiger partial charge >= 0.3 is 12.0 Å². The standard InChI is InChI=1S/C16H22N2O6S/c1-4-17-16(21)18-15(20)12(3)24-14(19)9-10-25(22,23)13-7-5-11(2)6-8-13/h5-8,12H,4,9-10H2,1-3H3,(H2,17,18,20,21)/t12-/m0/s1. The third kappa shape index (κ3) is 6.92. The van der Waals surface area contributed by atoms with Gasteiger partial charge in [0.05, 0.1) is 17.1 Å². The number of nitrogens with one attached hydrogen (secondary N) is 2. The van der Waals surface area contributed by atoms with Gasteiger partial charge < -0.3 is 10.1 Å². The molecule has 1 aromatic rings. The highest BCUT2D eigenvalue weighted by Gasteiger charge is 2.22. The lowest BCUT2D eigenvalue weighted by atomic mass is 10.2. The lowest BCUT2D eigenvalue weighted by Gasteiger charge is -2.13. The van der Waals surface area contributed by atoms with Gasteiger partial charge in [0, 0.05) is 6.54 Å². The molecule has 0 saturated carbocycles. The van der Waals surface area contributed by atoms with E-state index in [-0.39, 0.29) is 4.90 Å². The van der Waals surface area contributed by atoms with Crippen molar-refractivity contribution in [2.45, 2.75) is 38.2 Å². The van der Waals surface area contributed by atoms with Crippen molar-refractivity contribution < 1.29 is 27.5 Å². The first-order valence-corrected chi connectivity index (χ1v) is 9.38. The van der Waals surface area contributed by atoms with Gasteiger partial charge in [-0.25, -0.2) is 13.2 Å². The number of sulfone groups is 1. The molecule has 0 aliphatic heterocycles. The van der Waals surface area contributed by atoms with Gasteiger partial charge in [-0.3, -0.25) is 14.9 Å². The highest BCUT2D eigenvalue weighted by Crippen LogP contribution is 2.13. The van der Waals surface area contributed by atoms with Crippen molar-refractivity contribution in [1.29, 1.82) is 0 Å². The molecule has 0 aliphatic carbocycles. The minimum atomic E-state index is -3.62. The van der Waals surface area contributed by atoms with Gasteiger partial charge in [0.1, 0.15) is 0 Å². The molecule has 25 heavy (non-hydrogen) atoms. The smallest absolute Gasteiger partial charge is 0.321 e. The maximum atomic E-state index is 12.1. The van der Waals surface area contributed by atoms with Crippen molar-refractivity contribution in [2.75, 3.05) is 12.3 Å². The maximum Gasteiger partial charge on any atom is 0.321 e. The second-order valence-electron chi connectivity index (χ2n) is 5.36. The number of ether oxygens (including phenoxy) is 1. The Morgan fingerprint density at radius 2 is 1.76 bits per heavy atom. The van der Waals surface area contributed by atoms with Crippen LogP contribution in [0.25, 0.3) is 0 Å². The number of carbonyl (C=O) groups excluding carboxylic acids is 3. The summed E-state index contributed by atoms with van der Waals surface area (Å²) >= 11 is 0. The molecule has 0 heterocycles. The quantitative estimate of drug-likeness (QED) is 0.690. The molecule has 1 aromatic carbocycles. The first kappa shape index (κ1) is 20.6. The third-order valence-corrected chi connectivity index (χ3v) is 4.94. The predicted octanol–water partition coefficient (Wildman–Crippen LogP) is 0.936. The van der Waals surface area contributed by atoms with Crippen LogP contribution in [0.15, 0.2) is 29.2 Å². The molecule has 0 aromatic heterocycles. The van der Waals surface area contributed by atoms with Crippen molar-refractivity contribution in [3.63, 3.8) is 0 Å². The van der Waals surface area contributed by atoms with Crippen LogP contribution in [0.2, 0.25) is 0 Å². The normalized spacial score (nSPS) is 12.1. The van der Waals surface area contributed by atoms with Gasteiger partial charge in [-0.15, -0.1) is 0 Å². The van der Waals surface area contributed by atoms with Crippen LogP contribution in [-0.2, 0) is 24.2 Å². The number of imide groups is 1. The molecule has 9 heteroatoms. The van der Waals surface area contributed by atoms with Gasteiger partial charge in [0.25, 0.3) is 5.91 Å². The molecule has 0 bridgehead atoms. The summed E-state index contributed by atoms with van der Waals surface area (Å²) in [5.74, 6) is -2.06. The fourth-order valence-corrected chi connectivity index (χ4v) is 3.03. The fourth-order valence-electron chi connectivity index (χ4n) is 1.81. The molecule has 8 nitrogen and oxygen atoms in total. The number of benzene rings is 1. The second-order valence-corrected chi connectivity index (χ2v) is 7.47. The number of hydrogen-bond acceptors (Lipinski definition) is 6. The lowest BCUT2D eigenvalue weighted by Crippen LogP contribution is -2.44. The van der Waals surface area contributed by atoms with E-state index in [9.17, 15) is 22.8 Å². The SMILES string of the molecule is CCNC(=O)NC(=O)[C@H](C)OC(=O)CCS(=O)(=O)c1ccc(C)cc1. The van der Waals surface area contributed by atoms with Gasteiger partial charge in [-0.1, -0.05) is 17.7 Å². The fraction of sp³-hybridized carbons (Fsp3) is 0.438. The van der Waals surface area contributed by atoms with E-state index in [1.165, 1.54) is 19.1 Å². The summed E-state index contributed by atoms with van der Waals surface area (Å²) in [6, 6.07) is 5.58. The van der Waals surface area contributed by atoms with E-state index < -0.39 is 46.0 Å². The minimum absolute atomic E-state index is 0.118. The second kappa shape index (κ2) is 9.16. The van der Waals surface area contributed by atoms with Crippen LogP contribution in [0, 0.1) is 6.92 Å². The number of aryl methyl sites for hydroxylation is 1. The molecule has 1 atom stereocenters. The Balaban J connectivity index is 2.52. The summed E-state index contributed by atoms with van der Waals surface area (Å²) in [6.07, 6.45) is -1.60. The van der Waals surface area contributed by atoms with Gasteiger partial charge in [-0.05, 0) is 32.9 Å². The summed E-state index contributed by atoms with van der Waals surface area (Å²) in [7, 11) is -3.62. The molecule has 3 amide bonds. The highest BCUT2D eigenvalue weighted by molar-refractivity contribution is 7.91. The van der Waals surface area contributed by atoms with Crippen LogP contribution in [-0.4, -0.2) is 44.7 Å². The van der Waals surface area contributed by atoms with E-state index in [0.29, 0.717) is 6.54 Å². The summed E-state index contributed by atoms with van der Waals surface area (Å²) in [4.78, 5) is 34.7. The Hall–Kier alpha value is -2.42. The molecule has 0 aliphatic rings. The van der Waals surface area contributed by atoms with Crippen LogP contribution >= 0.6 is 0 Å². The van der Waals surface area contributed by atoms with E-state index in [1.807, 2.05) is 12.2 Å². The largest absolute Gasteiger partial charge is 0.453 e. The number of esters is 1. The molecular weight excluding hydrogens is 348 g/mol. The molecule has 0 radical (unpaired) electrons. The number of rotatable bonds is 7. The Morgan fingerprint density at radius 1 is 1.16 bits per heavy atom. The van der Waals surface area contributed by atoms with Crippen LogP contribution in [0.5, 0.6) is 0 Å².